The van der Waals surface area contributed by atoms with Crippen molar-refractivity contribution in [3.05, 3.63) is 34.2 Å². The molecule has 1 aromatic rings. The summed E-state index contributed by atoms with van der Waals surface area (Å²) >= 11 is 0. The summed E-state index contributed by atoms with van der Waals surface area (Å²) in [5, 5.41) is 2.41. The largest absolute Gasteiger partial charge is 0.469 e. The van der Waals surface area contributed by atoms with Crippen molar-refractivity contribution in [2.75, 3.05) is 13.7 Å². The summed E-state index contributed by atoms with van der Waals surface area (Å²) in [6, 6.07) is 1.42. The van der Waals surface area contributed by atoms with Crippen molar-refractivity contribution >= 4 is 11.9 Å². The number of alkyl halides is 3. The molecule has 0 radical (unpaired) electrons. The average Bonchev–Trinajstić information content (AvgIpc) is 2.44. The van der Waals surface area contributed by atoms with Gasteiger partial charge in [-0.25, -0.2) is 0 Å². The van der Waals surface area contributed by atoms with Gasteiger partial charge in [-0.15, -0.1) is 0 Å². The van der Waals surface area contributed by atoms with Crippen molar-refractivity contribution in [3.8, 4) is 0 Å². The van der Waals surface area contributed by atoms with E-state index in [2.05, 4.69) is 10.1 Å². The zero-order chi connectivity index (χ0) is 16.8. The Kier molecular flexibility index (Phi) is 6.14. The van der Waals surface area contributed by atoms with Gasteiger partial charge >= 0.3 is 12.1 Å². The second-order valence-corrected chi connectivity index (χ2v) is 4.41. The van der Waals surface area contributed by atoms with Crippen molar-refractivity contribution in [1.82, 2.24) is 9.88 Å². The smallest absolute Gasteiger partial charge is 0.417 e. The van der Waals surface area contributed by atoms with Gasteiger partial charge in [0.05, 0.1) is 12.7 Å². The second kappa shape index (κ2) is 7.62. The van der Waals surface area contributed by atoms with Crippen LogP contribution in [-0.2, 0) is 27.0 Å². The number of aromatic nitrogens is 1. The highest BCUT2D eigenvalue weighted by Gasteiger charge is 2.31. The summed E-state index contributed by atoms with van der Waals surface area (Å²) in [6.07, 6.45) is -3.56. The second-order valence-electron chi connectivity index (χ2n) is 4.41. The van der Waals surface area contributed by atoms with E-state index in [4.69, 9.17) is 0 Å². The van der Waals surface area contributed by atoms with Crippen molar-refractivity contribution in [1.29, 1.82) is 0 Å². The van der Waals surface area contributed by atoms with Crippen LogP contribution in [0.1, 0.15) is 18.4 Å². The van der Waals surface area contributed by atoms with E-state index in [0.717, 1.165) is 6.07 Å². The molecule has 0 atom stereocenters. The first-order valence-electron chi connectivity index (χ1n) is 6.35. The maximum Gasteiger partial charge on any atom is 0.417 e. The number of hydrogen-bond donors (Lipinski definition) is 1. The minimum Gasteiger partial charge on any atom is -0.469 e. The van der Waals surface area contributed by atoms with Crippen LogP contribution >= 0.6 is 0 Å². The first-order chi connectivity index (χ1) is 10.2. The Labute approximate surface area is 123 Å². The molecule has 0 bridgehead atoms. The van der Waals surface area contributed by atoms with E-state index in [1.165, 1.54) is 7.11 Å². The lowest BCUT2D eigenvalue weighted by atomic mass is 10.2. The minimum absolute atomic E-state index is 0.111. The predicted octanol–water partition coefficient (Wildman–Crippen LogP) is 0.936. The van der Waals surface area contributed by atoms with Gasteiger partial charge < -0.3 is 14.6 Å². The zero-order valence-corrected chi connectivity index (χ0v) is 11.8. The van der Waals surface area contributed by atoms with Gasteiger partial charge in [0.25, 0.3) is 5.56 Å². The Balaban J connectivity index is 2.57. The van der Waals surface area contributed by atoms with E-state index in [-0.39, 0.29) is 13.0 Å². The molecule has 0 unspecified atom stereocenters. The fraction of sp³-hybridized carbons (Fsp3) is 0.462. The Hall–Kier alpha value is -2.32. The Bertz CT molecular complexity index is 596. The van der Waals surface area contributed by atoms with Crippen LogP contribution in [0.2, 0.25) is 0 Å². The van der Waals surface area contributed by atoms with Crippen LogP contribution in [0.4, 0.5) is 13.2 Å². The number of rotatable bonds is 6. The number of nitrogens with zero attached hydrogens (tertiary/aromatic N) is 1. The normalized spacial score (nSPS) is 11.1. The third-order valence-corrected chi connectivity index (χ3v) is 2.73. The van der Waals surface area contributed by atoms with Crippen LogP contribution in [0.15, 0.2) is 23.1 Å². The first-order valence-corrected chi connectivity index (χ1v) is 6.35. The van der Waals surface area contributed by atoms with E-state index in [1.54, 1.807) is 0 Å². The summed E-state index contributed by atoms with van der Waals surface area (Å²) in [7, 11) is 1.24. The lowest BCUT2D eigenvalue weighted by Gasteiger charge is -2.10. The number of esters is 1. The molecular weight excluding hydrogens is 305 g/mol. The van der Waals surface area contributed by atoms with Crippen LogP contribution in [0.3, 0.4) is 0 Å². The topological polar surface area (TPSA) is 77.4 Å². The van der Waals surface area contributed by atoms with Crippen LogP contribution in [0, 0.1) is 0 Å². The van der Waals surface area contributed by atoms with Crippen LogP contribution in [-0.4, -0.2) is 30.1 Å². The quantitative estimate of drug-likeness (QED) is 0.625. The molecule has 0 aromatic carbocycles. The minimum atomic E-state index is -4.59. The molecule has 122 valence electrons. The predicted molar refractivity (Wildman–Crippen MR) is 70.0 cm³/mol. The van der Waals surface area contributed by atoms with E-state index < -0.39 is 35.7 Å². The molecular formula is C13H15F3N2O4. The van der Waals surface area contributed by atoms with Crippen LogP contribution < -0.4 is 10.9 Å². The molecule has 0 saturated carbocycles. The highest BCUT2D eigenvalue weighted by molar-refractivity contribution is 5.75. The molecule has 1 N–H and O–H groups in total. The average molecular weight is 320 g/mol. The van der Waals surface area contributed by atoms with Crippen molar-refractivity contribution < 1.29 is 27.5 Å². The molecule has 1 heterocycles. The maximum atomic E-state index is 12.5. The number of halogens is 3. The third kappa shape index (κ3) is 5.58. The Morgan fingerprint density at radius 2 is 2.00 bits per heavy atom. The van der Waals surface area contributed by atoms with E-state index in [0.29, 0.717) is 23.3 Å². The van der Waals surface area contributed by atoms with Gasteiger partial charge in [-0.2, -0.15) is 13.2 Å². The van der Waals surface area contributed by atoms with Crippen LogP contribution in [0.25, 0.3) is 0 Å². The molecule has 22 heavy (non-hydrogen) atoms. The molecule has 0 spiro atoms. The molecule has 0 aliphatic rings. The molecule has 0 aliphatic carbocycles. The zero-order valence-electron chi connectivity index (χ0n) is 11.8. The van der Waals surface area contributed by atoms with Gasteiger partial charge in [0.15, 0.2) is 0 Å². The SMILES string of the molecule is COC(=O)CCCNC(=O)Cn1cc(C(F)(F)F)ccc1=O. The van der Waals surface area contributed by atoms with E-state index in [1.807, 2.05) is 0 Å². The van der Waals surface area contributed by atoms with Gasteiger partial charge in [0.2, 0.25) is 5.91 Å². The molecule has 0 aliphatic heterocycles. The maximum absolute atomic E-state index is 12.5. The Morgan fingerprint density at radius 3 is 2.59 bits per heavy atom. The van der Waals surface area contributed by atoms with Gasteiger partial charge in [0.1, 0.15) is 6.54 Å². The number of amides is 1. The lowest BCUT2D eigenvalue weighted by Crippen LogP contribution is -2.33. The number of nitrogens with one attached hydrogen (secondary N) is 1. The number of hydrogen-bond acceptors (Lipinski definition) is 4. The Morgan fingerprint density at radius 1 is 1.32 bits per heavy atom. The molecule has 1 rings (SSSR count). The van der Waals surface area contributed by atoms with Gasteiger partial charge in [-0.05, 0) is 12.5 Å². The molecule has 9 heteroatoms. The summed E-state index contributed by atoms with van der Waals surface area (Å²) in [5.41, 5.74) is -1.72. The molecule has 0 saturated heterocycles. The molecule has 1 aromatic heterocycles. The fourth-order valence-corrected chi connectivity index (χ4v) is 1.60. The van der Waals surface area contributed by atoms with E-state index >= 15 is 0 Å². The van der Waals surface area contributed by atoms with Crippen molar-refractivity contribution in [3.63, 3.8) is 0 Å². The number of carbonyl (C=O) groups excluding carboxylic acids is 2. The van der Waals surface area contributed by atoms with Gasteiger partial charge in [0, 0.05) is 25.2 Å². The van der Waals surface area contributed by atoms with Crippen molar-refractivity contribution in [2.24, 2.45) is 0 Å². The highest BCUT2D eigenvalue weighted by atomic mass is 19.4. The summed E-state index contributed by atoms with van der Waals surface area (Å²) in [4.78, 5) is 33.9. The third-order valence-electron chi connectivity index (χ3n) is 2.73. The molecule has 0 fully saturated rings. The monoisotopic (exact) mass is 320 g/mol. The first kappa shape index (κ1) is 17.7. The standard InChI is InChI=1S/C13H15F3N2O4/c1-22-12(21)3-2-6-17-10(19)8-18-7-9(13(14,15)16)4-5-11(18)20/h4-5,7H,2-3,6,8H2,1H3,(H,17,19). The fourth-order valence-electron chi connectivity index (χ4n) is 1.60. The van der Waals surface area contributed by atoms with Gasteiger partial charge in [-0.3, -0.25) is 14.4 Å². The number of pyridine rings is 1. The summed E-state index contributed by atoms with van der Waals surface area (Å²) in [6.45, 7) is -0.372. The van der Waals surface area contributed by atoms with Crippen molar-refractivity contribution in [2.45, 2.75) is 25.6 Å². The summed E-state index contributed by atoms with van der Waals surface area (Å²) < 4.78 is 42.7. The lowest BCUT2D eigenvalue weighted by molar-refractivity contribution is -0.141. The van der Waals surface area contributed by atoms with Crippen LogP contribution in [0.5, 0.6) is 0 Å². The molecule has 6 nitrogen and oxygen atoms in total. The molecule has 1 amide bonds. The number of carbonyl (C=O) groups is 2. The number of ether oxygens (including phenoxy) is 1. The number of methoxy groups -OCH3 is 1. The summed E-state index contributed by atoms with van der Waals surface area (Å²) in [5.74, 6) is -1.05. The van der Waals surface area contributed by atoms with Gasteiger partial charge in [-0.1, -0.05) is 0 Å². The highest BCUT2D eigenvalue weighted by Crippen LogP contribution is 2.27. The van der Waals surface area contributed by atoms with E-state index in [9.17, 15) is 27.6 Å².